The minimum Gasteiger partial charge on any atom is -0.388 e. The maximum absolute atomic E-state index is 11.9. The van der Waals surface area contributed by atoms with Gasteiger partial charge in [0, 0.05) is 23.1 Å². The standard InChI is InChI=1S/C11H12BrNO3/c12-8-3-1-7(2-4-8)11(16)13-5-9(14)10(15)6-13/h1-4,9-10,14-15H,5-6H2. The summed E-state index contributed by atoms with van der Waals surface area (Å²) >= 11 is 3.29. The number of amides is 1. The van der Waals surface area contributed by atoms with E-state index in [9.17, 15) is 15.0 Å². The van der Waals surface area contributed by atoms with Crippen molar-refractivity contribution >= 4 is 21.8 Å². The minimum absolute atomic E-state index is 0.164. The normalized spacial score (nSPS) is 24.8. The second kappa shape index (κ2) is 4.53. The Morgan fingerprint density at radius 1 is 1.19 bits per heavy atom. The van der Waals surface area contributed by atoms with Crippen LogP contribution in [0.5, 0.6) is 0 Å². The first kappa shape index (κ1) is 11.6. The summed E-state index contributed by atoms with van der Waals surface area (Å²) in [4.78, 5) is 13.4. The van der Waals surface area contributed by atoms with Crippen LogP contribution in [0.2, 0.25) is 0 Å². The van der Waals surface area contributed by atoms with Gasteiger partial charge < -0.3 is 15.1 Å². The van der Waals surface area contributed by atoms with Crippen LogP contribution in [-0.2, 0) is 0 Å². The van der Waals surface area contributed by atoms with E-state index in [0.717, 1.165) is 4.47 Å². The number of hydrogen-bond acceptors (Lipinski definition) is 3. The third-order valence-electron chi connectivity index (χ3n) is 2.64. The Bertz CT molecular complexity index is 383. The van der Waals surface area contributed by atoms with E-state index in [2.05, 4.69) is 15.9 Å². The molecule has 1 heterocycles. The summed E-state index contributed by atoms with van der Waals surface area (Å²) in [6.45, 7) is 0.381. The Labute approximate surface area is 102 Å². The molecule has 4 nitrogen and oxygen atoms in total. The molecular weight excluding hydrogens is 274 g/mol. The quantitative estimate of drug-likeness (QED) is 0.796. The van der Waals surface area contributed by atoms with Gasteiger partial charge >= 0.3 is 0 Å². The third kappa shape index (κ3) is 2.26. The number of nitrogens with zero attached hydrogens (tertiary/aromatic N) is 1. The van der Waals surface area contributed by atoms with Crippen molar-refractivity contribution in [3.63, 3.8) is 0 Å². The molecule has 0 aliphatic carbocycles. The molecule has 1 aliphatic heterocycles. The van der Waals surface area contributed by atoms with E-state index in [1.807, 2.05) is 0 Å². The van der Waals surface area contributed by atoms with E-state index in [4.69, 9.17) is 0 Å². The molecule has 2 atom stereocenters. The lowest BCUT2D eigenvalue weighted by atomic mass is 10.2. The molecule has 1 amide bonds. The van der Waals surface area contributed by atoms with Crippen molar-refractivity contribution in [3.05, 3.63) is 34.3 Å². The Morgan fingerprint density at radius 3 is 2.19 bits per heavy atom. The summed E-state index contributed by atoms with van der Waals surface area (Å²) in [7, 11) is 0. The van der Waals surface area contributed by atoms with Gasteiger partial charge in [0.2, 0.25) is 0 Å². The Hall–Kier alpha value is -0.910. The van der Waals surface area contributed by atoms with Crippen LogP contribution in [0.1, 0.15) is 10.4 Å². The van der Waals surface area contributed by atoms with Crippen LogP contribution >= 0.6 is 15.9 Å². The SMILES string of the molecule is O=C(c1ccc(Br)cc1)N1CC(O)C(O)C1. The van der Waals surface area contributed by atoms with E-state index in [0.29, 0.717) is 5.56 Å². The number of carbonyl (C=O) groups is 1. The zero-order valence-electron chi connectivity index (χ0n) is 8.51. The summed E-state index contributed by atoms with van der Waals surface area (Å²) in [5.74, 6) is -0.164. The van der Waals surface area contributed by atoms with Crippen molar-refractivity contribution in [2.24, 2.45) is 0 Å². The first-order chi connectivity index (χ1) is 7.58. The number of halogens is 1. The summed E-state index contributed by atoms with van der Waals surface area (Å²) in [5, 5.41) is 18.7. The molecule has 16 heavy (non-hydrogen) atoms. The summed E-state index contributed by atoms with van der Waals surface area (Å²) in [6, 6.07) is 7.00. The van der Waals surface area contributed by atoms with Gasteiger partial charge in [0.25, 0.3) is 5.91 Å². The molecule has 86 valence electrons. The van der Waals surface area contributed by atoms with Crippen molar-refractivity contribution < 1.29 is 15.0 Å². The molecule has 1 saturated heterocycles. The Balaban J connectivity index is 2.11. The fraction of sp³-hybridized carbons (Fsp3) is 0.364. The van der Waals surface area contributed by atoms with E-state index < -0.39 is 12.2 Å². The molecule has 2 N–H and O–H groups in total. The minimum atomic E-state index is -0.834. The monoisotopic (exact) mass is 285 g/mol. The van der Waals surface area contributed by atoms with Crippen LogP contribution in [0.15, 0.2) is 28.7 Å². The molecule has 0 spiro atoms. The van der Waals surface area contributed by atoms with Crippen LogP contribution in [0.25, 0.3) is 0 Å². The molecule has 0 radical (unpaired) electrons. The molecule has 0 saturated carbocycles. The number of rotatable bonds is 1. The third-order valence-corrected chi connectivity index (χ3v) is 3.17. The van der Waals surface area contributed by atoms with Crippen molar-refractivity contribution in [1.82, 2.24) is 4.90 Å². The molecule has 1 fully saturated rings. The number of benzene rings is 1. The van der Waals surface area contributed by atoms with Crippen LogP contribution < -0.4 is 0 Å². The zero-order chi connectivity index (χ0) is 11.7. The Kier molecular flexibility index (Phi) is 3.28. The second-order valence-electron chi connectivity index (χ2n) is 3.85. The topological polar surface area (TPSA) is 60.8 Å². The van der Waals surface area contributed by atoms with Crippen LogP contribution in [0.4, 0.5) is 0 Å². The zero-order valence-corrected chi connectivity index (χ0v) is 10.1. The van der Waals surface area contributed by atoms with Crippen molar-refractivity contribution in [2.45, 2.75) is 12.2 Å². The van der Waals surface area contributed by atoms with Gasteiger partial charge in [-0.25, -0.2) is 0 Å². The smallest absolute Gasteiger partial charge is 0.254 e. The van der Waals surface area contributed by atoms with E-state index in [1.54, 1.807) is 24.3 Å². The molecular formula is C11H12BrNO3. The first-order valence-electron chi connectivity index (χ1n) is 4.99. The van der Waals surface area contributed by atoms with Crippen molar-refractivity contribution in [1.29, 1.82) is 0 Å². The van der Waals surface area contributed by atoms with Gasteiger partial charge in [-0.2, -0.15) is 0 Å². The first-order valence-corrected chi connectivity index (χ1v) is 5.78. The number of hydrogen-bond donors (Lipinski definition) is 2. The van der Waals surface area contributed by atoms with Gasteiger partial charge in [0.15, 0.2) is 0 Å². The maximum Gasteiger partial charge on any atom is 0.254 e. The Morgan fingerprint density at radius 2 is 1.69 bits per heavy atom. The van der Waals surface area contributed by atoms with E-state index >= 15 is 0 Å². The van der Waals surface area contributed by atoms with Gasteiger partial charge in [-0.15, -0.1) is 0 Å². The van der Waals surface area contributed by atoms with Crippen LogP contribution in [0, 0.1) is 0 Å². The molecule has 0 aromatic heterocycles. The second-order valence-corrected chi connectivity index (χ2v) is 4.77. The predicted molar refractivity (Wildman–Crippen MR) is 62.1 cm³/mol. The van der Waals surface area contributed by atoms with Gasteiger partial charge in [-0.1, -0.05) is 15.9 Å². The largest absolute Gasteiger partial charge is 0.388 e. The number of aliphatic hydroxyl groups excluding tert-OH is 2. The molecule has 1 aromatic carbocycles. The van der Waals surface area contributed by atoms with Gasteiger partial charge in [0.05, 0.1) is 12.2 Å². The van der Waals surface area contributed by atoms with E-state index in [-0.39, 0.29) is 19.0 Å². The average molecular weight is 286 g/mol. The van der Waals surface area contributed by atoms with Crippen LogP contribution in [-0.4, -0.2) is 46.3 Å². The predicted octanol–water partition coefficient (Wildman–Crippen LogP) is 0.627. The summed E-state index contributed by atoms with van der Waals surface area (Å²) in [6.07, 6.45) is -1.67. The molecule has 1 aliphatic rings. The van der Waals surface area contributed by atoms with Gasteiger partial charge in [0.1, 0.15) is 0 Å². The molecule has 5 heteroatoms. The highest BCUT2D eigenvalue weighted by Gasteiger charge is 2.32. The molecule has 1 aromatic rings. The fourth-order valence-corrected chi connectivity index (χ4v) is 1.97. The lowest BCUT2D eigenvalue weighted by Crippen LogP contribution is -2.29. The van der Waals surface area contributed by atoms with Gasteiger partial charge in [-0.3, -0.25) is 4.79 Å². The van der Waals surface area contributed by atoms with E-state index in [1.165, 1.54) is 4.90 Å². The molecule has 2 rings (SSSR count). The summed E-state index contributed by atoms with van der Waals surface area (Å²) in [5.41, 5.74) is 0.560. The van der Waals surface area contributed by atoms with Crippen LogP contribution in [0.3, 0.4) is 0 Å². The number of aliphatic hydroxyl groups is 2. The van der Waals surface area contributed by atoms with Gasteiger partial charge in [-0.05, 0) is 24.3 Å². The molecule has 2 unspecified atom stereocenters. The molecule has 0 bridgehead atoms. The lowest BCUT2D eigenvalue weighted by Gasteiger charge is -2.15. The highest BCUT2D eigenvalue weighted by Crippen LogP contribution is 2.16. The fourth-order valence-electron chi connectivity index (χ4n) is 1.71. The van der Waals surface area contributed by atoms with Crippen molar-refractivity contribution in [2.75, 3.05) is 13.1 Å². The highest BCUT2D eigenvalue weighted by molar-refractivity contribution is 9.10. The average Bonchev–Trinajstić information content (AvgIpc) is 2.59. The lowest BCUT2D eigenvalue weighted by molar-refractivity contribution is 0.0572. The summed E-state index contributed by atoms with van der Waals surface area (Å²) < 4.78 is 0.908. The highest BCUT2D eigenvalue weighted by atomic mass is 79.9. The maximum atomic E-state index is 11.9. The van der Waals surface area contributed by atoms with Crippen molar-refractivity contribution in [3.8, 4) is 0 Å². The number of β-amino-alcohol motifs (C(OH)–C–C–N with tert-alkyl or cyclic N) is 2. The number of carbonyl (C=O) groups excluding carboxylic acids is 1. The number of likely N-dealkylation sites (tertiary alicyclic amines) is 1.